The van der Waals surface area contributed by atoms with Crippen LogP contribution in [-0.2, 0) is 0 Å². The van der Waals surface area contributed by atoms with Crippen molar-refractivity contribution >= 4 is 11.6 Å². The molecular weight excluding hydrogens is 228 g/mol. The molecule has 0 aliphatic rings. The molecular formula is C16H33Cl. The van der Waals surface area contributed by atoms with Crippen LogP contribution in [0.25, 0.3) is 0 Å². The maximum atomic E-state index is 6.56. The second kappa shape index (κ2) is 11.4. The molecule has 0 aliphatic heterocycles. The summed E-state index contributed by atoms with van der Waals surface area (Å²) >= 11 is 6.56. The Hall–Kier alpha value is 0.290. The van der Waals surface area contributed by atoms with Gasteiger partial charge in [-0.05, 0) is 19.8 Å². The number of hydrogen-bond donors (Lipinski definition) is 0. The summed E-state index contributed by atoms with van der Waals surface area (Å²) in [5.41, 5.74) is 0. The van der Waals surface area contributed by atoms with Gasteiger partial charge >= 0.3 is 0 Å². The van der Waals surface area contributed by atoms with Crippen molar-refractivity contribution in [3.63, 3.8) is 0 Å². The topological polar surface area (TPSA) is 0 Å². The summed E-state index contributed by atoms with van der Waals surface area (Å²) in [6, 6.07) is 0. The molecule has 0 aromatic carbocycles. The summed E-state index contributed by atoms with van der Waals surface area (Å²) in [5, 5.41) is 0. The Morgan fingerprint density at radius 1 is 0.647 bits per heavy atom. The third kappa shape index (κ3) is 12.5. The highest BCUT2D eigenvalue weighted by molar-refractivity contribution is 6.23. The second-order valence-electron chi connectivity index (χ2n) is 5.74. The van der Waals surface area contributed by atoms with Gasteiger partial charge in [0.05, 0.1) is 0 Å². The Kier molecular flexibility index (Phi) is 11.6. The van der Waals surface area contributed by atoms with Gasteiger partial charge in [0.2, 0.25) is 0 Å². The van der Waals surface area contributed by atoms with E-state index in [0.717, 1.165) is 0 Å². The smallest absolute Gasteiger partial charge is 0.0418 e. The molecule has 0 saturated carbocycles. The average molecular weight is 261 g/mol. The zero-order valence-electron chi connectivity index (χ0n) is 12.4. The molecule has 104 valence electrons. The number of unbranched alkanes of at least 4 members (excludes halogenated alkanes) is 8. The van der Waals surface area contributed by atoms with Gasteiger partial charge in [-0.15, -0.1) is 11.6 Å². The molecule has 1 heteroatoms. The van der Waals surface area contributed by atoms with E-state index >= 15 is 0 Å². The SMILES string of the molecule is CCCCCCCC(C)(Cl)CCCCCCC. The number of alkyl halides is 1. The molecule has 0 amide bonds. The van der Waals surface area contributed by atoms with Crippen LogP contribution >= 0.6 is 11.6 Å². The van der Waals surface area contributed by atoms with Crippen LogP contribution in [0.1, 0.15) is 97.8 Å². The largest absolute Gasteiger partial charge is 0.120 e. The van der Waals surface area contributed by atoms with E-state index in [1.165, 1.54) is 77.0 Å². The Balaban J connectivity index is 3.38. The van der Waals surface area contributed by atoms with Crippen LogP contribution in [0.4, 0.5) is 0 Å². The minimum atomic E-state index is 0.0679. The highest BCUT2D eigenvalue weighted by Crippen LogP contribution is 2.29. The standard InChI is InChI=1S/C16H33Cl/c1-4-6-8-10-12-14-16(3,17)15-13-11-9-7-5-2/h4-15H2,1-3H3. The van der Waals surface area contributed by atoms with E-state index in [-0.39, 0.29) is 4.87 Å². The van der Waals surface area contributed by atoms with Crippen molar-refractivity contribution in [3.05, 3.63) is 0 Å². The normalized spacial score (nSPS) is 12.0. The average Bonchev–Trinajstić information content (AvgIpc) is 2.28. The van der Waals surface area contributed by atoms with Gasteiger partial charge in [0.15, 0.2) is 0 Å². The Morgan fingerprint density at radius 2 is 1.00 bits per heavy atom. The molecule has 0 spiro atoms. The predicted octanol–water partition coefficient (Wildman–Crippen LogP) is 6.70. The quantitative estimate of drug-likeness (QED) is 0.270. The third-order valence-corrected chi connectivity index (χ3v) is 3.98. The molecule has 0 N–H and O–H groups in total. The Bertz CT molecular complexity index is 136. The summed E-state index contributed by atoms with van der Waals surface area (Å²) in [5.74, 6) is 0. The van der Waals surface area contributed by atoms with E-state index in [1.807, 2.05) is 0 Å². The fourth-order valence-corrected chi connectivity index (χ4v) is 2.59. The van der Waals surface area contributed by atoms with Crippen molar-refractivity contribution in [2.75, 3.05) is 0 Å². The summed E-state index contributed by atoms with van der Waals surface area (Å²) in [6.45, 7) is 6.76. The lowest BCUT2D eigenvalue weighted by atomic mass is 9.95. The second-order valence-corrected chi connectivity index (χ2v) is 6.65. The van der Waals surface area contributed by atoms with Gasteiger partial charge < -0.3 is 0 Å². The molecule has 0 fully saturated rings. The first-order valence-corrected chi connectivity index (χ1v) is 8.19. The van der Waals surface area contributed by atoms with Crippen LogP contribution < -0.4 is 0 Å². The summed E-state index contributed by atoms with van der Waals surface area (Å²) in [7, 11) is 0. The maximum absolute atomic E-state index is 6.56. The van der Waals surface area contributed by atoms with E-state index in [0.29, 0.717) is 0 Å². The number of rotatable bonds is 12. The van der Waals surface area contributed by atoms with Crippen molar-refractivity contribution in [1.82, 2.24) is 0 Å². The van der Waals surface area contributed by atoms with E-state index in [4.69, 9.17) is 11.6 Å². The van der Waals surface area contributed by atoms with Gasteiger partial charge in [-0.2, -0.15) is 0 Å². The first-order valence-electron chi connectivity index (χ1n) is 7.81. The van der Waals surface area contributed by atoms with E-state index in [9.17, 15) is 0 Å². The number of hydrogen-bond acceptors (Lipinski definition) is 0. The van der Waals surface area contributed by atoms with Crippen LogP contribution in [0.3, 0.4) is 0 Å². The molecule has 0 unspecified atom stereocenters. The molecule has 17 heavy (non-hydrogen) atoms. The van der Waals surface area contributed by atoms with Gasteiger partial charge in [-0.25, -0.2) is 0 Å². The lowest BCUT2D eigenvalue weighted by Gasteiger charge is -2.21. The molecule has 0 aromatic rings. The minimum absolute atomic E-state index is 0.0679. The van der Waals surface area contributed by atoms with Crippen LogP contribution in [0.15, 0.2) is 0 Å². The molecule has 0 aromatic heterocycles. The molecule has 0 heterocycles. The van der Waals surface area contributed by atoms with Crippen LogP contribution in [0.2, 0.25) is 0 Å². The lowest BCUT2D eigenvalue weighted by molar-refractivity contribution is 0.462. The van der Waals surface area contributed by atoms with Crippen molar-refractivity contribution in [2.45, 2.75) is 103 Å². The summed E-state index contributed by atoms with van der Waals surface area (Å²) in [6.07, 6.45) is 16.0. The van der Waals surface area contributed by atoms with Crippen molar-refractivity contribution in [2.24, 2.45) is 0 Å². The van der Waals surface area contributed by atoms with Crippen LogP contribution in [-0.4, -0.2) is 4.87 Å². The first kappa shape index (κ1) is 17.3. The molecule has 0 saturated heterocycles. The van der Waals surface area contributed by atoms with Crippen molar-refractivity contribution in [1.29, 1.82) is 0 Å². The minimum Gasteiger partial charge on any atom is -0.120 e. The van der Waals surface area contributed by atoms with Gasteiger partial charge in [-0.3, -0.25) is 0 Å². The predicted molar refractivity (Wildman–Crippen MR) is 81.0 cm³/mol. The highest BCUT2D eigenvalue weighted by Gasteiger charge is 2.19. The highest BCUT2D eigenvalue weighted by atomic mass is 35.5. The van der Waals surface area contributed by atoms with E-state index in [1.54, 1.807) is 0 Å². The number of halogens is 1. The van der Waals surface area contributed by atoms with Crippen molar-refractivity contribution in [3.8, 4) is 0 Å². The monoisotopic (exact) mass is 260 g/mol. The Morgan fingerprint density at radius 3 is 1.35 bits per heavy atom. The molecule has 0 nitrogen and oxygen atoms in total. The fourth-order valence-electron chi connectivity index (χ4n) is 2.32. The summed E-state index contributed by atoms with van der Waals surface area (Å²) in [4.78, 5) is 0.0679. The van der Waals surface area contributed by atoms with Gasteiger partial charge in [0.25, 0.3) is 0 Å². The molecule has 0 aliphatic carbocycles. The van der Waals surface area contributed by atoms with Gasteiger partial charge in [0, 0.05) is 4.87 Å². The Labute approximate surface area is 115 Å². The van der Waals surface area contributed by atoms with Crippen LogP contribution in [0.5, 0.6) is 0 Å². The molecule has 0 rings (SSSR count). The lowest BCUT2D eigenvalue weighted by Crippen LogP contribution is -2.15. The van der Waals surface area contributed by atoms with Gasteiger partial charge in [-0.1, -0.05) is 78.1 Å². The first-order chi connectivity index (χ1) is 8.12. The summed E-state index contributed by atoms with van der Waals surface area (Å²) < 4.78 is 0. The fraction of sp³-hybridized carbons (Fsp3) is 1.00. The van der Waals surface area contributed by atoms with Crippen molar-refractivity contribution < 1.29 is 0 Å². The maximum Gasteiger partial charge on any atom is 0.0418 e. The van der Waals surface area contributed by atoms with Crippen LogP contribution in [0, 0.1) is 0 Å². The molecule has 0 bridgehead atoms. The molecule has 0 radical (unpaired) electrons. The third-order valence-electron chi connectivity index (χ3n) is 3.60. The zero-order chi connectivity index (χ0) is 13.0. The van der Waals surface area contributed by atoms with E-state index < -0.39 is 0 Å². The van der Waals surface area contributed by atoms with Gasteiger partial charge in [0.1, 0.15) is 0 Å². The van der Waals surface area contributed by atoms with E-state index in [2.05, 4.69) is 20.8 Å². The molecule has 0 atom stereocenters. The zero-order valence-corrected chi connectivity index (χ0v) is 13.1.